The van der Waals surface area contributed by atoms with E-state index in [1.165, 1.54) is 0 Å². The first-order chi connectivity index (χ1) is 8.16. The van der Waals surface area contributed by atoms with E-state index in [2.05, 4.69) is 5.32 Å². The van der Waals surface area contributed by atoms with E-state index in [9.17, 15) is 4.79 Å². The number of urea groups is 1. The summed E-state index contributed by atoms with van der Waals surface area (Å²) >= 11 is 0. The first-order valence-corrected chi connectivity index (χ1v) is 6.04. The summed E-state index contributed by atoms with van der Waals surface area (Å²) in [6, 6.07) is 7.85. The highest BCUT2D eigenvalue weighted by Gasteiger charge is 2.21. The summed E-state index contributed by atoms with van der Waals surface area (Å²) in [5.74, 6) is 0. The maximum absolute atomic E-state index is 12.0. The van der Waals surface area contributed by atoms with Gasteiger partial charge in [-0.3, -0.25) is 0 Å². The van der Waals surface area contributed by atoms with E-state index in [0.29, 0.717) is 6.54 Å². The van der Waals surface area contributed by atoms with Gasteiger partial charge < -0.3 is 16.0 Å². The maximum Gasteiger partial charge on any atom is 0.321 e. The first kappa shape index (κ1) is 11.9. The van der Waals surface area contributed by atoms with Gasteiger partial charge >= 0.3 is 6.03 Å². The van der Waals surface area contributed by atoms with Gasteiger partial charge in [0.15, 0.2) is 0 Å². The van der Waals surface area contributed by atoms with Crippen molar-refractivity contribution in [1.82, 2.24) is 4.90 Å². The lowest BCUT2D eigenvalue weighted by atomic mass is 10.1. The van der Waals surface area contributed by atoms with Gasteiger partial charge in [-0.1, -0.05) is 18.2 Å². The van der Waals surface area contributed by atoms with Gasteiger partial charge in [0, 0.05) is 24.8 Å². The standard InChI is InChI=1S/C13H19N3O/c1-10-5-2-3-7-12(10)15-13(17)16-8-4-6-11(14)9-16/h2-3,5,7,11H,4,6,8-9,14H2,1H3,(H,15,17). The number of nitrogens with one attached hydrogen (secondary N) is 1. The number of nitrogens with zero attached hydrogens (tertiary/aromatic N) is 1. The molecule has 0 saturated carbocycles. The van der Waals surface area contributed by atoms with Crippen LogP contribution in [0.2, 0.25) is 0 Å². The molecule has 1 heterocycles. The normalized spacial score (nSPS) is 20.1. The van der Waals surface area contributed by atoms with Crippen LogP contribution in [-0.2, 0) is 0 Å². The van der Waals surface area contributed by atoms with Crippen molar-refractivity contribution in [3.63, 3.8) is 0 Å². The van der Waals surface area contributed by atoms with Gasteiger partial charge in [-0.2, -0.15) is 0 Å². The molecule has 1 fully saturated rings. The molecule has 92 valence electrons. The van der Waals surface area contributed by atoms with E-state index >= 15 is 0 Å². The summed E-state index contributed by atoms with van der Waals surface area (Å²) in [4.78, 5) is 13.8. The van der Waals surface area contributed by atoms with Crippen LogP contribution in [0.4, 0.5) is 10.5 Å². The van der Waals surface area contributed by atoms with Crippen molar-refractivity contribution in [2.45, 2.75) is 25.8 Å². The fraction of sp³-hybridized carbons (Fsp3) is 0.462. The quantitative estimate of drug-likeness (QED) is 0.779. The third-order valence-corrected chi connectivity index (χ3v) is 3.13. The molecule has 0 radical (unpaired) electrons. The molecule has 1 aliphatic rings. The monoisotopic (exact) mass is 233 g/mol. The van der Waals surface area contributed by atoms with Crippen LogP contribution in [0.3, 0.4) is 0 Å². The van der Waals surface area contributed by atoms with Crippen LogP contribution < -0.4 is 11.1 Å². The topological polar surface area (TPSA) is 58.4 Å². The van der Waals surface area contributed by atoms with Crippen molar-refractivity contribution in [3.8, 4) is 0 Å². The lowest BCUT2D eigenvalue weighted by molar-refractivity contribution is 0.193. The van der Waals surface area contributed by atoms with Gasteiger partial charge in [-0.05, 0) is 31.4 Å². The van der Waals surface area contributed by atoms with E-state index in [0.717, 1.165) is 30.6 Å². The van der Waals surface area contributed by atoms with Gasteiger partial charge in [0.25, 0.3) is 0 Å². The zero-order chi connectivity index (χ0) is 12.3. The predicted octanol–water partition coefficient (Wildman–Crippen LogP) is 1.95. The number of rotatable bonds is 1. The molecule has 2 amide bonds. The Bertz CT molecular complexity index is 405. The molecular formula is C13H19N3O. The van der Waals surface area contributed by atoms with E-state index in [4.69, 9.17) is 5.73 Å². The average molecular weight is 233 g/mol. The number of nitrogens with two attached hydrogens (primary N) is 1. The molecule has 0 bridgehead atoms. The number of carbonyl (C=O) groups excluding carboxylic acids is 1. The molecule has 4 heteroatoms. The third-order valence-electron chi connectivity index (χ3n) is 3.13. The number of aryl methyl sites for hydroxylation is 1. The lowest BCUT2D eigenvalue weighted by Gasteiger charge is -2.30. The Morgan fingerprint density at radius 1 is 1.47 bits per heavy atom. The molecule has 1 unspecified atom stereocenters. The highest BCUT2D eigenvalue weighted by molar-refractivity contribution is 5.90. The summed E-state index contributed by atoms with van der Waals surface area (Å²) in [6.07, 6.45) is 2.00. The highest BCUT2D eigenvalue weighted by Crippen LogP contribution is 2.15. The number of carbonyl (C=O) groups is 1. The summed E-state index contributed by atoms with van der Waals surface area (Å²) in [5.41, 5.74) is 7.81. The second-order valence-electron chi connectivity index (χ2n) is 4.59. The highest BCUT2D eigenvalue weighted by atomic mass is 16.2. The molecule has 0 aromatic heterocycles. The summed E-state index contributed by atoms with van der Waals surface area (Å²) in [6.45, 7) is 3.43. The number of likely N-dealkylation sites (tertiary alicyclic amines) is 1. The Hall–Kier alpha value is -1.55. The number of hydrogen-bond donors (Lipinski definition) is 2. The number of anilines is 1. The summed E-state index contributed by atoms with van der Waals surface area (Å²) in [5, 5.41) is 2.93. The number of amides is 2. The van der Waals surface area contributed by atoms with Crippen molar-refractivity contribution >= 4 is 11.7 Å². The average Bonchev–Trinajstić information content (AvgIpc) is 2.32. The van der Waals surface area contributed by atoms with Crippen LogP contribution >= 0.6 is 0 Å². The third kappa shape index (κ3) is 2.97. The van der Waals surface area contributed by atoms with E-state index < -0.39 is 0 Å². The number of para-hydroxylation sites is 1. The molecular weight excluding hydrogens is 214 g/mol. The van der Waals surface area contributed by atoms with Crippen molar-refractivity contribution in [2.75, 3.05) is 18.4 Å². The minimum atomic E-state index is -0.0468. The fourth-order valence-corrected chi connectivity index (χ4v) is 2.10. The smallest absolute Gasteiger partial charge is 0.321 e. The predicted molar refractivity (Wildman–Crippen MR) is 69.0 cm³/mol. The fourth-order valence-electron chi connectivity index (χ4n) is 2.10. The van der Waals surface area contributed by atoms with Crippen LogP contribution in [0.1, 0.15) is 18.4 Å². The Labute approximate surface area is 102 Å². The molecule has 1 aliphatic heterocycles. The molecule has 4 nitrogen and oxygen atoms in total. The van der Waals surface area contributed by atoms with E-state index in [1.807, 2.05) is 31.2 Å². The number of piperidine rings is 1. The molecule has 1 saturated heterocycles. The zero-order valence-corrected chi connectivity index (χ0v) is 10.1. The van der Waals surface area contributed by atoms with Crippen LogP contribution in [0.5, 0.6) is 0 Å². The molecule has 2 rings (SSSR count). The van der Waals surface area contributed by atoms with Crippen molar-refractivity contribution in [1.29, 1.82) is 0 Å². The Balaban J connectivity index is 1.99. The Kier molecular flexibility index (Phi) is 3.64. The first-order valence-electron chi connectivity index (χ1n) is 6.04. The SMILES string of the molecule is Cc1ccccc1NC(=O)N1CCCC(N)C1. The molecule has 1 aromatic rings. The molecule has 3 N–H and O–H groups in total. The zero-order valence-electron chi connectivity index (χ0n) is 10.1. The van der Waals surface area contributed by atoms with Gasteiger partial charge in [-0.25, -0.2) is 4.79 Å². The lowest BCUT2D eigenvalue weighted by Crippen LogP contribution is -2.47. The summed E-state index contributed by atoms with van der Waals surface area (Å²) < 4.78 is 0. The van der Waals surface area contributed by atoms with E-state index in [-0.39, 0.29) is 12.1 Å². The van der Waals surface area contributed by atoms with Gasteiger partial charge in [-0.15, -0.1) is 0 Å². The number of hydrogen-bond acceptors (Lipinski definition) is 2. The molecule has 1 atom stereocenters. The summed E-state index contributed by atoms with van der Waals surface area (Å²) in [7, 11) is 0. The molecule has 17 heavy (non-hydrogen) atoms. The molecule has 0 spiro atoms. The van der Waals surface area contributed by atoms with Crippen LogP contribution in [-0.4, -0.2) is 30.1 Å². The maximum atomic E-state index is 12.0. The van der Waals surface area contributed by atoms with Crippen LogP contribution in [0.25, 0.3) is 0 Å². The Morgan fingerprint density at radius 3 is 2.94 bits per heavy atom. The minimum Gasteiger partial charge on any atom is -0.326 e. The van der Waals surface area contributed by atoms with Crippen molar-refractivity contribution in [2.24, 2.45) is 5.73 Å². The Morgan fingerprint density at radius 2 is 2.24 bits per heavy atom. The molecule has 1 aromatic carbocycles. The van der Waals surface area contributed by atoms with Crippen LogP contribution in [0.15, 0.2) is 24.3 Å². The second-order valence-corrected chi connectivity index (χ2v) is 4.59. The van der Waals surface area contributed by atoms with E-state index in [1.54, 1.807) is 4.90 Å². The van der Waals surface area contributed by atoms with Gasteiger partial charge in [0.1, 0.15) is 0 Å². The largest absolute Gasteiger partial charge is 0.326 e. The molecule has 0 aliphatic carbocycles. The van der Waals surface area contributed by atoms with Gasteiger partial charge in [0.2, 0.25) is 0 Å². The van der Waals surface area contributed by atoms with Gasteiger partial charge in [0.05, 0.1) is 0 Å². The van der Waals surface area contributed by atoms with Crippen molar-refractivity contribution < 1.29 is 4.79 Å². The number of benzene rings is 1. The minimum absolute atomic E-state index is 0.0468. The van der Waals surface area contributed by atoms with Crippen molar-refractivity contribution in [3.05, 3.63) is 29.8 Å². The van der Waals surface area contributed by atoms with Crippen LogP contribution in [0, 0.1) is 6.92 Å². The second kappa shape index (κ2) is 5.19.